The maximum atomic E-state index is 12.0. The minimum absolute atomic E-state index is 0.0285. The maximum absolute atomic E-state index is 12.0. The third-order valence-electron chi connectivity index (χ3n) is 3.84. The van der Waals surface area contributed by atoms with Crippen LogP contribution in [0.25, 0.3) is 0 Å². The van der Waals surface area contributed by atoms with Crippen LogP contribution in [0.1, 0.15) is 40.5 Å². The SMILES string of the molecule is C=C(C)C(=O)ON[C@@H](CCC(=O)O[Si](CC)(CC)CC)C(=O)O. The van der Waals surface area contributed by atoms with Crippen molar-refractivity contribution in [3.8, 4) is 0 Å². The lowest BCUT2D eigenvalue weighted by Gasteiger charge is -2.27. The third kappa shape index (κ3) is 7.42. The highest BCUT2D eigenvalue weighted by Gasteiger charge is 2.33. The van der Waals surface area contributed by atoms with Crippen LogP contribution in [0.4, 0.5) is 0 Å². The summed E-state index contributed by atoms with van der Waals surface area (Å²) in [7, 11) is -2.05. The van der Waals surface area contributed by atoms with E-state index in [9.17, 15) is 14.4 Å². The van der Waals surface area contributed by atoms with E-state index in [4.69, 9.17) is 9.53 Å². The summed E-state index contributed by atoms with van der Waals surface area (Å²) in [5.74, 6) is -2.35. The Labute approximate surface area is 138 Å². The van der Waals surface area contributed by atoms with Crippen LogP contribution in [-0.4, -0.2) is 37.4 Å². The Morgan fingerprint density at radius 2 is 1.70 bits per heavy atom. The molecule has 0 bridgehead atoms. The zero-order valence-electron chi connectivity index (χ0n) is 14.3. The molecule has 8 heteroatoms. The van der Waals surface area contributed by atoms with Crippen molar-refractivity contribution in [3.05, 3.63) is 12.2 Å². The fraction of sp³-hybridized carbons (Fsp3) is 0.667. The number of carboxylic acid groups (broad SMARTS) is 1. The minimum atomic E-state index is -2.05. The Morgan fingerprint density at radius 3 is 2.09 bits per heavy atom. The number of carboxylic acids is 1. The van der Waals surface area contributed by atoms with Crippen LogP contribution in [0.5, 0.6) is 0 Å². The highest BCUT2D eigenvalue weighted by atomic mass is 28.4. The monoisotopic (exact) mass is 345 g/mol. The van der Waals surface area contributed by atoms with E-state index in [1.807, 2.05) is 20.8 Å². The Bertz CT molecular complexity index is 439. The van der Waals surface area contributed by atoms with Gasteiger partial charge in [-0.15, -0.1) is 5.48 Å². The quantitative estimate of drug-likeness (QED) is 0.337. The summed E-state index contributed by atoms with van der Waals surface area (Å²) in [6.07, 6.45) is -0.0808. The molecule has 0 aromatic rings. The molecule has 132 valence electrons. The van der Waals surface area contributed by atoms with Gasteiger partial charge in [0.25, 0.3) is 14.3 Å². The van der Waals surface area contributed by atoms with Crippen molar-refractivity contribution in [2.75, 3.05) is 0 Å². The van der Waals surface area contributed by atoms with Gasteiger partial charge in [0, 0.05) is 12.0 Å². The molecule has 0 aliphatic carbocycles. The van der Waals surface area contributed by atoms with Gasteiger partial charge in [-0.05, 0) is 31.5 Å². The van der Waals surface area contributed by atoms with Gasteiger partial charge in [-0.2, -0.15) is 0 Å². The Morgan fingerprint density at radius 1 is 1.17 bits per heavy atom. The first-order chi connectivity index (χ1) is 10.7. The van der Waals surface area contributed by atoms with Crippen molar-refractivity contribution in [2.24, 2.45) is 0 Å². The molecule has 0 fully saturated rings. The molecule has 0 heterocycles. The van der Waals surface area contributed by atoms with Crippen LogP contribution >= 0.6 is 0 Å². The molecular formula is C15H27NO6Si. The first kappa shape index (κ1) is 21.3. The molecule has 0 amide bonds. The van der Waals surface area contributed by atoms with E-state index in [1.165, 1.54) is 6.92 Å². The number of carbonyl (C=O) groups excluding carboxylic acids is 2. The average molecular weight is 345 g/mol. The molecule has 0 aliphatic heterocycles. The van der Waals surface area contributed by atoms with Crippen molar-refractivity contribution in [2.45, 2.75) is 64.7 Å². The molecule has 23 heavy (non-hydrogen) atoms. The summed E-state index contributed by atoms with van der Waals surface area (Å²) < 4.78 is 5.64. The highest BCUT2D eigenvalue weighted by molar-refractivity contribution is 6.74. The predicted octanol–water partition coefficient (Wildman–Crippen LogP) is 2.39. The lowest BCUT2D eigenvalue weighted by atomic mass is 10.2. The third-order valence-corrected chi connectivity index (χ3v) is 8.37. The topological polar surface area (TPSA) is 102 Å². The second-order valence-corrected chi connectivity index (χ2v) is 10.1. The van der Waals surface area contributed by atoms with Crippen molar-refractivity contribution < 1.29 is 28.8 Å². The van der Waals surface area contributed by atoms with Gasteiger partial charge in [-0.3, -0.25) is 9.59 Å². The normalized spacial score (nSPS) is 12.3. The summed E-state index contributed by atoms with van der Waals surface area (Å²) in [5, 5.41) is 9.09. The van der Waals surface area contributed by atoms with E-state index in [0.29, 0.717) is 0 Å². The maximum Gasteiger partial charge on any atom is 0.351 e. The molecule has 0 saturated heterocycles. The van der Waals surface area contributed by atoms with Gasteiger partial charge < -0.3 is 14.4 Å². The van der Waals surface area contributed by atoms with E-state index in [1.54, 1.807) is 0 Å². The first-order valence-electron chi connectivity index (χ1n) is 7.78. The van der Waals surface area contributed by atoms with Crippen molar-refractivity contribution in [1.29, 1.82) is 0 Å². The Balaban J connectivity index is 4.52. The van der Waals surface area contributed by atoms with Crippen molar-refractivity contribution in [3.63, 3.8) is 0 Å². The fourth-order valence-electron chi connectivity index (χ4n) is 1.97. The summed E-state index contributed by atoms with van der Waals surface area (Å²) >= 11 is 0. The van der Waals surface area contributed by atoms with E-state index >= 15 is 0 Å². The fourth-order valence-corrected chi connectivity index (χ4v) is 4.48. The number of nitrogens with one attached hydrogen (secondary N) is 1. The van der Waals surface area contributed by atoms with Gasteiger partial charge in [0.15, 0.2) is 0 Å². The number of aliphatic carboxylic acids is 1. The number of hydroxylamine groups is 1. The summed E-state index contributed by atoms with van der Waals surface area (Å²) in [6, 6.07) is 1.33. The molecule has 0 radical (unpaired) electrons. The smallest absolute Gasteiger partial charge is 0.351 e. The van der Waals surface area contributed by atoms with E-state index in [0.717, 1.165) is 18.1 Å². The van der Waals surface area contributed by atoms with E-state index in [-0.39, 0.29) is 18.4 Å². The molecule has 0 unspecified atom stereocenters. The summed E-state index contributed by atoms with van der Waals surface area (Å²) in [6.45, 7) is 10.9. The standard InChI is InChI=1S/C15H27NO6Si/c1-6-23(7-2,8-3)22-13(17)10-9-12(14(18)19)16-21-15(20)11(4)5/h12,16H,4,6-10H2,1-3,5H3,(H,18,19)/t12-/m0/s1. The van der Waals surface area contributed by atoms with E-state index < -0.39 is 32.3 Å². The number of hydrogen-bond donors (Lipinski definition) is 2. The Hall–Kier alpha value is -1.67. The number of hydrogen-bond acceptors (Lipinski definition) is 6. The van der Waals surface area contributed by atoms with Gasteiger partial charge in [-0.1, -0.05) is 27.4 Å². The highest BCUT2D eigenvalue weighted by Crippen LogP contribution is 2.22. The van der Waals surface area contributed by atoms with Crippen LogP contribution < -0.4 is 5.48 Å². The lowest BCUT2D eigenvalue weighted by Crippen LogP contribution is -2.40. The molecule has 0 aliphatic rings. The van der Waals surface area contributed by atoms with Gasteiger partial charge >= 0.3 is 11.9 Å². The number of rotatable bonds is 11. The van der Waals surface area contributed by atoms with Crippen LogP contribution in [-0.2, 0) is 23.6 Å². The second kappa shape index (κ2) is 10.2. The van der Waals surface area contributed by atoms with Crippen molar-refractivity contribution in [1.82, 2.24) is 5.48 Å². The zero-order valence-corrected chi connectivity index (χ0v) is 15.3. The molecule has 7 nitrogen and oxygen atoms in total. The largest absolute Gasteiger partial charge is 0.519 e. The zero-order chi connectivity index (χ0) is 18.0. The second-order valence-electron chi connectivity index (χ2n) is 5.43. The molecule has 0 spiro atoms. The first-order valence-corrected chi connectivity index (χ1v) is 10.3. The van der Waals surface area contributed by atoms with Gasteiger partial charge in [0.05, 0.1) is 0 Å². The van der Waals surface area contributed by atoms with Gasteiger partial charge in [-0.25, -0.2) is 4.79 Å². The van der Waals surface area contributed by atoms with Gasteiger partial charge in [0.1, 0.15) is 6.04 Å². The average Bonchev–Trinajstić information content (AvgIpc) is 2.51. The van der Waals surface area contributed by atoms with Crippen LogP contribution in [0, 0.1) is 0 Å². The molecular weight excluding hydrogens is 318 g/mol. The predicted molar refractivity (Wildman–Crippen MR) is 88.0 cm³/mol. The molecule has 2 N–H and O–H groups in total. The molecule has 0 rings (SSSR count). The summed E-state index contributed by atoms with van der Waals surface area (Å²) in [4.78, 5) is 39.0. The Kier molecular flexibility index (Phi) is 9.43. The van der Waals surface area contributed by atoms with Crippen LogP contribution in [0.15, 0.2) is 12.2 Å². The van der Waals surface area contributed by atoms with Gasteiger partial charge in [0.2, 0.25) is 0 Å². The molecule has 0 aromatic carbocycles. The lowest BCUT2D eigenvalue weighted by molar-refractivity contribution is -0.154. The summed E-state index contributed by atoms with van der Waals surface area (Å²) in [5.41, 5.74) is 2.30. The molecule has 1 atom stereocenters. The molecule has 0 aromatic heterocycles. The van der Waals surface area contributed by atoms with E-state index in [2.05, 4.69) is 16.9 Å². The molecule has 0 saturated carbocycles. The van der Waals surface area contributed by atoms with Crippen molar-refractivity contribution >= 4 is 26.2 Å². The minimum Gasteiger partial charge on any atom is -0.519 e. The van der Waals surface area contributed by atoms with Crippen LogP contribution in [0.3, 0.4) is 0 Å². The van der Waals surface area contributed by atoms with Crippen LogP contribution in [0.2, 0.25) is 18.1 Å². The number of carbonyl (C=O) groups is 3.